The number of alkyl halides is 2. The smallest absolute Gasteiger partial charge is 0.387 e. The number of guanidine groups is 1. The van der Waals surface area contributed by atoms with Crippen molar-refractivity contribution in [3.05, 3.63) is 29.8 Å². The summed E-state index contributed by atoms with van der Waals surface area (Å²) in [7, 11) is 1.91. The zero-order valence-electron chi connectivity index (χ0n) is 11.1. The average Bonchev–Trinajstić information content (AvgIpc) is 2.81. The van der Waals surface area contributed by atoms with Gasteiger partial charge in [-0.3, -0.25) is 4.99 Å². The Morgan fingerprint density at radius 2 is 2.30 bits per heavy atom. The first-order chi connectivity index (χ1) is 9.56. The quantitative estimate of drug-likeness (QED) is 0.854. The van der Waals surface area contributed by atoms with Crippen molar-refractivity contribution in [2.75, 3.05) is 26.7 Å². The highest BCUT2D eigenvalue weighted by Crippen LogP contribution is 2.20. The Kier molecular flexibility index (Phi) is 4.73. The van der Waals surface area contributed by atoms with E-state index in [-0.39, 0.29) is 12.3 Å². The summed E-state index contributed by atoms with van der Waals surface area (Å²) in [4.78, 5) is 6.18. The summed E-state index contributed by atoms with van der Waals surface area (Å²) in [5, 5.41) is 13.1. The molecular weight excluding hydrogens is 268 g/mol. The lowest BCUT2D eigenvalue weighted by Gasteiger charge is -2.18. The molecule has 0 fully saturated rings. The summed E-state index contributed by atoms with van der Waals surface area (Å²) in [6, 6.07) is 6.05. The Labute approximate surface area is 115 Å². The Bertz CT molecular complexity index is 482. The van der Waals surface area contributed by atoms with Crippen LogP contribution in [0.2, 0.25) is 0 Å². The van der Waals surface area contributed by atoms with Crippen molar-refractivity contribution in [3.8, 4) is 5.75 Å². The van der Waals surface area contributed by atoms with Crippen LogP contribution in [0.5, 0.6) is 5.75 Å². The van der Waals surface area contributed by atoms with Crippen LogP contribution < -0.4 is 10.1 Å². The maximum atomic E-state index is 12.1. The number of rotatable bonds is 5. The van der Waals surface area contributed by atoms with Crippen LogP contribution in [0.4, 0.5) is 8.78 Å². The molecule has 0 amide bonds. The number of hydrogen-bond donors (Lipinski definition) is 2. The van der Waals surface area contributed by atoms with Gasteiger partial charge in [0.1, 0.15) is 5.75 Å². The zero-order valence-corrected chi connectivity index (χ0v) is 11.1. The van der Waals surface area contributed by atoms with E-state index in [1.54, 1.807) is 12.1 Å². The third-order valence-corrected chi connectivity index (χ3v) is 2.98. The van der Waals surface area contributed by atoms with E-state index in [9.17, 15) is 13.9 Å². The predicted molar refractivity (Wildman–Crippen MR) is 71.0 cm³/mol. The van der Waals surface area contributed by atoms with Gasteiger partial charge in [-0.15, -0.1) is 0 Å². The molecule has 20 heavy (non-hydrogen) atoms. The number of nitrogens with one attached hydrogen (secondary N) is 1. The molecule has 0 bridgehead atoms. The number of likely N-dealkylation sites (N-methyl/N-ethyl adjacent to an activating group) is 1. The van der Waals surface area contributed by atoms with E-state index < -0.39 is 12.7 Å². The number of aliphatic imine (C=N–C) groups is 1. The molecule has 1 aliphatic rings. The van der Waals surface area contributed by atoms with Crippen molar-refractivity contribution >= 4 is 5.96 Å². The number of hydrogen-bond acceptors (Lipinski definition) is 5. The molecular formula is C13H17F2N3O2. The second-order valence-electron chi connectivity index (χ2n) is 4.47. The second kappa shape index (κ2) is 6.51. The SMILES string of the molecule is CN1CCN=C1NCC(O)c1cccc(OC(F)F)c1. The lowest BCUT2D eigenvalue weighted by Crippen LogP contribution is -2.37. The molecule has 0 saturated carbocycles. The highest BCUT2D eigenvalue weighted by atomic mass is 19.3. The first-order valence-electron chi connectivity index (χ1n) is 6.28. The third-order valence-electron chi connectivity index (χ3n) is 2.98. The number of halogens is 2. The van der Waals surface area contributed by atoms with Crippen molar-refractivity contribution in [3.63, 3.8) is 0 Å². The summed E-state index contributed by atoms with van der Waals surface area (Å²) < 4.78 is 28.6. The van der Waals surface area contributed by atoms with Gasteiger partial charge in [-0.2, -0.15) is 8.78 Å². The second-order valence-corrected chi connectivity index (χ2v) is 4.47. The number of aliphatic hydroxyl groups excluding tert-OH is 1. The summed E-state index contributed by atoms with van der Waals surface area (Å²) in [6.07, 6.45) is -0.826. The van der Waals surface area contributed by atoms with Crippen LogP contribution in [0.15, 0.2) is 29.3 Å². The maximum Gasteiger partial charge on any atom is 0.387 e. The van der Waals surface area contributed by atoms with Gasteiger partial charge in [0.2, 0.25) is 0 Å². The maximum absolute atomic E-state index is 12.1. The van der Waals surface area contributed by atoms with Crippen LogP contribution >= 0.6 is 0 Å². The normalized spacial score (nSPS) is 16.2. The summed E-state index contributed by atoms with van der Waals surface area (Å²) in [6.45, 7) is -1.05. The molecule has 2 rings (SSSR count). The third kappa shape index (κ3) is 3.80. The lowest BCUT2D eigenvalue weighted by atomic mass is 10.1. The number of ether oxygens (including phenoxy) is 1. The first kappa shape index (κ1) is 14.5. The molecule has 0 saturated heterocycles. The van der Waals surface area contributed by atoms with Crippen molar-refractivity contribution in [1.29, 1.82) is 0 Å². The summed E-state index contributed by atoms with van der Waals surface area (Å²) >= 11 is 0. The Hall–Kier alpha value is -1.89. The van der Waals surface area contributed by atoms with E-state index in [2.05, 4.69) is 15.0 Å². The highest BCUT2D eigenvalue weighted by molar-refractivity contribution is 5.81. The summed E-state index contributed by atoms with van der Waals surface area (Å²) in [5.41, 5.74) is 0.511. The molecule has 1 atom stereocenters. The van der Waals surface area contributed by atoms with E-state index in [1.807, 2.05) is 11.9 Å². The fraction of sp³-hybridized carbons (Fsp3) is 0.462. The number of nitrogens with zero attached hydrogens (tertiary/aromatic N) is 2. The molecule has 1 aromatic rings. The molecule has 0 aliphatic carbocycles. The van der Waals surface area contributed by atoms with E-state index >= 15 is 0 Å². The fourth-order valence-electron chi connectivity index (χ4n) is 1.93. The van der Waals surface area contributed by atoms with Crippen molar-refractivity contribution in [2.45, 2.75) is 12.7 Å². The largest absolute Gasteiger partial charge is 0.435 e. The van der Waals surface area contributed by atoms with Gasteiger partial charge < -0.3 is 20.1 Å². The van der Waals surface area contributed by atoms with Gasteiger partial charge >= 0.3 is 6.61 Å². The van der Waals surface area contributed by atoms with Gasteiger partial charge in [-0.25, -0.2) is 0 Å². The molecule has 2 N–H and O–H groups in total. The van der Waals surface area contributed by atoms with Crippen molar-refractivity contribution < 1.29 is 18.6 Å². The van der Waals surface area contributed by atoms with Crippen LogP contribution in [0.3, 0.4) is 0 Å². The van der Waals surface area contributed by atoms with Crippen LogP contribution in [-0.2, 0) is 0 Å². The molecule has 1 unspecified atom stereocenters. The van der Waals surface area contributed by atoms with Crippen LogP contribution in [-0.4, -0.2) is 49.3 Å². The summed E-state index contributed by atoms with van der Waals surface area (Å²) in [5.74, 6) is 0.760. The van der Waals surface area contributed by atoms with Crippen LogP contribution in [0, 0.1) is 0 Å². The lowest BCUT2D eigenvalue weighted by molar-refractivity contribution is -0.0499. The van der Waals surface area contributed by atoms with E-state index in [0.717, 1.165) is 19.0 Å². The molecule has 7 heteroatoms. The topological polar surface area (TPSA) is 57.1 Å². The van der Waals surface area contributed by atoms with Crippen LogP contribution in [0.1, 0.15) is 11.7 Å². The van der Waals surface area contributed by atoms with Crippen molar-refractivity contribution in [2.24, 2.45) is 4.99 Å². The minimum atomic E-state index is -2.87. The predicted octanol–water partition coefficient (Wildman–Crippen LogP) is 1.21. The monoisotopic (exact) mass is 285 g/mol. The van der Waals surface area contributed by atoms with Gasteiger partial charge in [-0.1, -0.05) is 12.1 Å². The highest BCUT2D eigenvalue weighted by Gasteiger charge is 2.15. The van der Waals surface area contributed by atoms with Crippen LogP contribution in [0.25, 0.3) is 0 Å². The molecule has 5 nitrogen and oxygen atoms in total. The van der Waals surface area contributed by atoms with Gasteiger partial charge in [-0.05, 0) is 17.7 Å². The minimum Gasteiger partial charge on any atom is -0.435 e. The molecule has 0 aromatic heterocycles. The Balaban J connectivity index is 1.93. The minimum absolute atomic E-state index is 0.0341. The Morgan fingerprint density at radius 3 is 2.95 bits per heavy atom. The van der Waals surface area contributed by atoms with E-state index in [1.165, 1.54) is 12.1 Å². The van der Waals surface area contributed by atoms with E-state index in [0.29, 0.717) is 5.56 Å². The average molecular weight is 285 g/mol. The van der Waals surface area contributed by atoms with Gasteiger partial charge in [0.25, 0.3) is 0 Å². The molecule has 0 radical (unpaired) electrons. The molecule has 1 heterocycles. The molecule has 1 aromatic carbocycles. The number of aliphatic hydroxyl groups is 1. The zero-order chi connectivity index (χ0) is 14.5. The van der Waals surface area contributed by atoms with Crippen molar-refractivity contribution in [1.82, 2.24) is 10.2 Å². The number of benzene rings is 1. The van der Waals surface area contributed by atoms with Gasteiger partial charge in [0, 0.05) is 20.1 Å². The van der Waals surface area contributed by atoms with Gasteiger partial charge in [0.15, 0.2) is 5.96 Å². The standard InChI is InChI=1S/C13H17F2N3O2/c1-18-6-5-16-13(18)17-8-11(19)9-3-2-4-10(7-9)20-12(14)15/h2-4,7,11-12,19H,5-6,8H2,1H3,(H,16,17). The first-order valence-corrected chi connectivity index (χ1v) is 6.28. The molecule has 1 aliphatic heterocycles. The molecule has 0 spiro atoms. The van der Waals surface area contributed by atoms with Gasteiger partial charge in [0.05, 0.1) is 12.6 Å². The fourth-order valence-corrected chi connectivity index (χ4v) is 1.93. The van der Waals surface area contributed by atoms with E-state index in [4.69, 9.17) is 0 Å². The Morgan fingerprint density at radius 1 is 1.50 bits per heavy atom. The molecule has 110 valence electrons.